The van der Waals surface area contributed by atoms with E-state index < -0.39 is 17.7 Å². The Kier molecular flexibility index (Phi) is 3.10. The SMILES string of the molecule is CC(=O)OC[C@H]1OC(=O)CC[C@@]1(C)O. The summed E-state index contributed by atoms with van der Waals surface area (Å²) in [5, 5.41) is 9.80. The number of cyclic esters (lactones) is 1. The van der Waals surface area contributed by atoms with Crippen molar-refractivity contribution < 1.29 is 24.2 Å². The molecule has 0 saturated carbocycles. The van der Waals surface area contributed by atoms with Gasteiger partial charge in [-0.3, -0.25) is 9.59 Å². The third kappa shape index (κ3) is 2.70. The van der Waals surface area contributed by atoms with Gasteiger partial charge in [0.1, 0.15) is 12.2 Å². The number of aliphatic hydroxyl groups is 1. The van der Waals surface area contributed by atoms with E-state index in [1.165, 1.54) is 6.92 Å². The second kappa shape index (κ2) is 3.96. The molecular weight excluding hydrogens is 188 g/mol. The fraction of sp³-hybridized carbons (Fsp3) is 0.778. The smallest absolute Gasteiger partial charge is 0.306 e. The van der Waals surface area contributed by atoms with Crippen molar-refractivity contribution in [3.8, 4) is 0 Å². The molecule has 2 atom stereocenters. The van der Waals surface area contributed by atoms with Gasteiger partial charge < -0.3 is 14.6 Å². The lowest BCUT2D eigenvalue weighted by atomic mass is 9.91. The molecule has 1 saturated heterocycles. The van der Waals surface area contributed by atoms with Crippen LogP contribution >= 0.6 is 0 Å². The van der Waals surface area contributed by atoms with Crippen molar-refractivity contribution in [3.63, 3.8) is 0 Å². The molecule has 1 aliphatic heterocycles. The number of esters is 2. The normalized spacial score (nSPS) is 32.2. The summed E-state index contributed by atoms with van der Waals surface area (Å²) in [4.78, 5) is 21.5. The van der Waals surface area contributed by atoms with Gasteiger partial charge in [0.25, 0.3) is 0 Å². The molecule has 0 amide bonds. The van der Waals surface area contributed by atoms with E-state index in [9.17, 15) is 14.7 Å². The van der Waals surface area contributed by atoms with Crippen LogP contribution in [0.1, 0.15) is 26.7 Å². The van der Waals surface area contributed by atoms with Gasteiger partial charge in [0.05, 0.1) is 0 Å². The lowest BCUT2D eigenvalue weighted by Gasteiger charge is -2.35. The van der Waals surface area contributed by atoms with Gasteiger partial charge in [0, 0.05) is 13.3 Å². The summed E-state index contributed by atoms with van der Waals surface area (Å²) in [6, 6.07) is 0. The van der Waals surface area contributed by atoms with E-state index in [0.29, 0.717) is 6.42 Å². The predicted molar refractivity (Wildman–Crippen MR) is 46.4 cm³/mol. The van der Waals surface area contributed by atoms with Gasteiger partial charge in [0.15, 0.2) is 6.10 Å². The summed E-state index contributed by atoms with van der Waals surface area (Å²) in [6.07, 6.45) is -0.228. The van der Waals surface area contributed by atoms with Crippen LogP contribution in [-0.4, -0.2) is 35.4 Å². The molecule has 1 N–H and O–H groups in total. The second-order valence-electron chi connectivity index (χ2n) is 3.64. The Morgan fingerprint density at radius 3 is 3.00 bits per heavy atom. The zero-order chi connectivity index (χ0) is 10.8. The molecule has 0 aromatic carbocycles. The first-order chi connectivity index (χ1) is 6.42. The van der Waals surface area contributed by atoms with Crippen LogP contribution in [0.3, 0.4) is 0 Å². The summed E-state index contributed by atoms with van der Waals surface area (Å²) in [5.74, 6) is -0.823. The lowest BCUT2D eigenvalue weighted by Crippen LogP contribution is -2.49. The Morgan fingerprint density at radius 1 is 1.79 bits per heavy atom. The molecule has 0 radical (unpaired) electrons. The molecule has 0 spiro atoms. The Balaban J connectivity index is 2.54. The van der Waals surface area contributed by atoms with E-state index >= 15 is 0 Å². The quantitative estimate of drug-likeness (QED) is 0.638. The molecule has 0 aromatic rings. The fourth-order valence-corrected chi connectivity index (χ4v) is 1.27. The molecule has 5 heteroatoms. The molecule has 80 valence electrons. The zero-order valence-electron chi connectivity index (χ0n) is 8.28. The second-order valence-corrected chi connectivity index (χ2v) is 3.64. The highest BCUT2D eigenvalue weighted by atomic mass is 16.6. The number of hydrogen-bond acceptors (Lipinski definition) is 5. The van der Waals surface area contributed by atoms with Gasteiger partial charge in [-0.25, -0.2) is 0 Å². The molecule has 14 heavy (non-hydrogen) atoms. The van der Waals surface area contributed by atoms with Crippen LogP contribution in [0.15, 0.2) is 0 Å². The highest BCUT2D eigenvalue weighted by molar-refractivity contribution is 5.71. The highest BCUT2D eigenvalue weighted by Crippen LogP contribution is 2.25. The minimum absolute atomic E-state index is 0.0892. The monoisotopic (exact) mass is 202 g/mol. The van der Waals surface area contributed by atoms with Crippen LogP contribution in [0.2, 0.25) is 0 Å². The third-order valence-corrected chi connectivity index (χ3v) is 2.24. The van der Waals surface area contributed by atoms with Gasteiger partial charge >= 0.3 is 11.9 Å². The van der Waals surface area contributed by atoms with Gasteiger partial charge in [-0.05, 0) is 13.3 Å². The summed E-state index contributed by atoms with van der Waals surface area (Å²) in [5.41, 5.74) is -1.11. The Morgan fingerprint density at radius 2 is 2.43 bits per heavy atom. The van der Waals surface area contributed by atoms with E-state index in [2.05, 4.69) is 4.74 Å². The molecule has 1 aliphatic rings. The molecule has 0 aliphatic carbocycles. The Labute approximate surface area is 82.0 Å². The largest absolute Gasteiger partial charge is 0.462 e. The van der Waals surface area contributed by atoms with Crippen molar-refractivity contribution in [1.29, 1.82) is 0 Å². The van der Waals surface area contributed by atoms with Crippen molar-refractivity contribution in [1.82, 2.24) is 0 Å². The summed E-state index contributed by atoms with van der Waals surface area (Å²) in [6.45, 7) is 2.74. The number of carbonyl (C=O) groups is 2. The van der Waals surface area contributed by atoms with E-state index in [1.807, 2.05) is 0 Å². The average molecular weight is 202 g/mol. The zero-order valence-corrected chi connectivity index (χ0v) is 8.28. The average Bonchev–Trinajstić information content (AvgIpc) is 2.07. The van der Waals surface area contributed by atoms with Gasteiger partial charge in [0.2, 0.25) is 0 Å². The van der Waals surface area contributed by atoms with Crippen molar-refractivity contribution >= 4 is 11.9 Å². The first-order valence-electron chi connectivity index (χ1n) is 4.47. The predicted octanol–water partition coefficient (Wildman–Crippen LogP) is 0.00610. The van der Waals surface area contributed by atoms with Crippen molar-refractivity contribution in [2.45, 2.75) is 38.4 Å². The van der Waals surface area contributed by atoms with Crippen molar-refractivity contribution in [3.05, 3.63) is 0 Å². The Bertz CT molecular complexity index is 246. The molecule has 0 aromatic heterocycles. The maximum absolute atomic E-state index is 10.9. The fourth-order valence-electron chi connectivity index (χ4n) is 1.27. The minimum atomic E-state index is -1.11. The number of ether oxygens (including phenoxy) is 2. The van der Waals surface area contributed by atoms with Crippen LogP contribution in [0.4, 0.5) is 0 Å². The lowest BCUT2D eigenvalue weighted by molar-refractivity contribution is -0.188. The van der Waals surface area contributed by atoms with Gasteiger partial charge in [-0.15, -0.1) is 0 Å². The molecule has 0 bridgehead atoms. The van der Waals surface area contributed by atoms with Gasteiger partial charge in [-0.1, -0.05) is 0 Å². The topological polar surface area (TPSA) is 72.8 Å². The number of rotatable bonds is 2. The summed E-state index contributed by atoms with van der Waals surface area (Å²) in [7, 11) is 0. The van der Waals surface area contributed by atoms with E-state index in [1.54, 1.807) is 6.92 Å². The maximum atomic E-state index is 10.9. The van der Waals surface area contributed by atoms with Crippen molar-refractivity contribution in [2.75, 3.05) is 6.61 Å². The summed E-state index contributed by atoms with van der Waals surface area (Å²) < 4.78 is 9.57. The molecular formula is C9H14O5. The van der Waals surface area contributed by atoms with E-state index in [4.69, 9.17) is 4.74 Å². The summed E-state index contributed by atoms with van der Waals surface area (Å²) >= 11 is 0. The molecule has 1 heterocycles. The van der Waals surface area contributed by atoms with Crippen LogP contribution < -0.4 is 0 Å². The highest BCUT2D eigenvalue weighted by Gasteiger charge is 2.40. The third-order valence-electron chi connectivity index (χ3n) is 2.24. The van der Waals surface area contributed by atoms with Crippen LogP contribution in [0.5, 0.6) is 0 Å². The first kappa shape index (κ1) is 11.0. The molecule has 5 nitrogen and oxygen atoms in total. The first-order valence-corrected chi connectivity index (χ1v) is 4.47. The molecule has 1 fully saturated rings. The van der Waals surface area contributed by atoms with E-state index in [0.717, 1.165) is 0 Å². The number of hydrogen-bond donors (Lipinski definition) is 1. The minimum Gasteiger partial charge on any atom is -0.462 e. The van der Waals surface area contributed by atoms with Crippen LogP contribution in [0.25, 0.3) is 0 Å². The molecule has 1 rings (SSSR count). The van der Waals surface area contributed by atoms with Gasteiger partial charge in [-0.2, -0.15) is 0 Å². The van der Waals surface area contributed by atoms with E-state index in [-0.39, 0.29) is 19.0 Å². The standard InChI is InChI=1S/C9H14O5/c1-6(10)13-5-7-9(2,12)4-3-8(11)14-7/h7,12H,3-5H2,1-2H3/t7-,9-/m1/s1. The Hall–Kier alpha value is -1.10. The molecule has 0 unspecified atom stereocenters. The van der Waals surface area contributed by atoms with Crippen molar-refractivity contribution in [2.24, 2.45) is 0 Å². The maximum Gasteiger partial charge on any atom is 0.306 e. The van der Waals surface area contributed by atoms with Crippen LogP contribution in [-0.2, 0) is 19.1 Å². The number of carbonyl (C=O) groups excluding carboxylic acids is 2. The van der Waals surface area contributed by atoms with Crippen LogP contribution in [0, 0.1) is 0 Å².